The van der Waals surface area contributed by atoms with Gasteiger partial charge >= 0.3 is 0 Å². The summed E-state index contributed by atoms with van der Waals surface area (Å²) in [7, 11) is 0. The normalized spacial score (nSPS) is 10.1. The third kappa shape index (κ3) is 3.74. The fourth-order valence-electron chi connectivity index (χ4n) is 1.50. The van der Waals surface area contributed by atoms with Crippen LogP contribution in [-0.2, 0) is 11.2 Å². The molecule has 15 heavy (non-hydrogen) atoms. The number of carbonyl (C=O) groups is 1. The first-order valence-corrected chi connectivity index (χ1v) is 5.46. The van der Waals surface area contributed by atoms with Gasteiger partial charge in [0, 0.05) is 13.0 Å². The van der Waals surface area contributed by atoms with E-state index >= 15 is 0 Å². The molecule has 82 valence electrons. The van der Waals surface area contributed by atoms with Crippen molar-refractivity contribution < 1.29 is 4.79 Å². The van der Waals surface area contributed by atoms with Gasteiger partial charge in [0.05, 0.1) is 0 Å². The van der Waals surface area contributed by atoms with Gasteiger partial charge in [-0.2, -0.15) is 0 Å². The summed E-state index contributed by atoms with van der Waals surface area (Å²) in [6, 6.07) is 6.37. The van der Waals surface area contributed by atoms with E-state index in [0.29, 0.717) is 13.0 Å². The highest BCUT2D eigenvalue weighted by atomic mass is 16.1. The van der Waals surface area contributed by atoms with E-state index in [2.05, 4.69) is 37.4 Å². The quantitative estimate of drug-likeness (QED) is 0.803. The summed E-state index contributed by atoms with van der Waals surface area (Å²) in [5, 5.41) is 2.80. The van der Waals surface area contributed by atoms with E-state index in [1.54, 1.807) is 0 Å². The Bertz CT molecular complexity index is 344. The third-order valence-electron chi connectivity index (χ3n) is 2.59. The first-order valence-electron chi connectivity index (χ1n) is 5.46. The molecule has 1 aromatic carbocycles. The van der Waals surface area contributed by atoms with Crippen molar-refractivity contribution in [2.24, 2.45) is 0 Å². The first-order chi connectivity index (χ1) is 7.13. The van der Waals surface area contributed by atoms with Crippen molar-refractivity contribution in [3.05, 3.63) is 34.9 Å². The van der Waals surface area contributed by atoms with Crippen LogP contribution in [0.3, 0.4) is 0 Å². The van der Waals surface area contributed by atoms with E-state index in [1.165, 1.54) is 16.7 Å². The van der Waals surface area contributed by atoms with Crippen molar-refractivity contribution in [2.75, 3.05) is 6.54 Å². The lowest BCUT2D eigenvalue weighted by atomic mass is 10.0. The van der Waals surface area contributed by atoms with Gasteiger partial charge in [0.2, 0.25) is 5.91 Å². The summed E-state index contributed by atoms with van der Waals surface area (Å²) in [6.07, 6.45) is 1.41. The highest BCUT2D eigenvalue weighted by Gasteiger charge is 2.01. The van der Waals surface area contributed by atoms with Gasteiger partial charge in [0.25, 0.3) is 0 Å². The second kappa shape index (κ2) is 5.54. The minimum Gasteiger partial charge on any atom is -0.356 e. The van der Waals surface area contributed by atoms with Crippen LogP contribution in [-0.4, -0.2) is 12.5 Å². The molecule has 2 nitrogen and oxygen atoms in total. The Labute approximate surface area is 91.7 Å². The average molecular weight is 205 g/mol. The Kier molecular flexibility index (Phi) is 4.35. The zero-order valence-corrected chi connectivity index (χ0v) is 9.76. The standard InChI is InChI=1S/C13H19NO/c1-4-14-13(15)8-7-12-6-5-10(2)11(3)9-12/h5-6,9H,4,7-8H2,1-3H3,(H,14,15). The average Bonchev–Trinajstić information content (AvgIpc) is 2.20. The maximum absolute atomic E-state index is 11.3. The minimum atomic E-state index is 0.135. The lowest BCUT2D eigenvalue weighted by Crippen LogP contribution is -2.22. The molecule has 1 rings (SSSR count). The number of aryl methyl sites for hydroxylation is 3. The van der Waals surface area contributed by atoms with Crippen molar-refractivity contribution in [3.8, 4) is 0 Å². The van der Waals surface area contributed by atoms with Crippen LogP contribution >= 0.6 is 0 Å². The molecule has 2 heteroatoms. The van der Waals surface area contributed by atoms with E-state index in [1.807, 2.05) is 6.92 Å². The fraction of sp³-hybridized carbons (Fsp3) is 0.462. The van der Waals surface area contributed by atoms with Crippen molar-refractivity contribution in [3.63, 3.8) is 0 Å². The van der Waals surface area contributed by atoms with E-state index in [9.17, 15) is 4.79 Å². The Morgan fingerprint density at radius 1 is 1.27 bits per heavy atom. The highest BCUT2D eigenvalue weighted by molar-refractivity contribution is 5.76. The van der Waals surface area contributed by atoms with Gasteiger partial charge in [0.15, 0.2) is 0 Å². The fourth-order valence-corrected chi connectivity index (χ4v) is 1.50. The number of rotatable bonds is 4. The Morgan fingerprint density at radius 3 is 2.60 bits per heavy atom. The van der Waals surface area contributed by atoms with Crippen LogP contribution in [0.5, 0.6) is 0 Å². The third-order valence-corrected chi connectivity index (χ3v) is 2.59. The first kappa shape index (κ1) is 11.8. The van der Waals surface area contributed by atoms with Crippen molar-refractivity contribution in [2.45, 2.75) is 33.6 Å². The molecular weight excluding hydrogens is 186 g/mol. The van der Waals surface area contributed by atoms with Crippen molar-refractivity contribution in [1.82, 2.24) is 5.32 Å². The SMILES string of the molecule is CCNC(=O)CCc1ccc(C)c(C)c1. The monoisotopic (exact) mass is 205 g/mol. The topological polar surface area (TPSA) is 29.1 Å². The van der Waals surface area contributed by atoms with Gasteiger partial charge in [-0.25, -0.2) is 0 Å². The molecule has 0 spiro atoms. The molecule has 1 N–H and O–H groups in total. The molecule has 0 aromatic heterocycles. The molecular formula is C13H19NO. The summed E-state index contributed by atoms with van der Waals surface area (Å²) >= 11 is 0. The molecule has 0 radical (unpaired) electrons. The lowest BCUT2D eigenvalue weighted by Gasteiger charge is -2.05. The number of hydrogen-bond acceptors (Lipinski definition) is 1. The molecule has 0 saturated carbocycles. The van der Waals surface area contributed by atoms with Gasteiger partial charge in [-0.15, -0.1) is 0 Å². The Balaban J connectivity index is 2.51. The van der Waals surface area contributed by atoms with Gasteiger partial charge in [-0.1, -0.05) is 18.2 Å². The number of nitrogens with one attached hydrogen (secondary N) is 1. The molecule has 0 heterocycles. The van der Waals surface area contributed by atoms with Crippen molar-refractivity contribution >= 4 is 5.91 Å². The molecule has 0 aliphatic rings. The number of amides is 1. The number of hydrogen-bond donors (Lipinski definition) is 1. The smallest absolute Gasteiger partial charge is 0.220 e. The highest BCUT2D eigenvalue weighted by Crippen LogP contribution is 2.11. The van der Waals surface area contributed by atoms with Crippen LogP contribution in [0.2, 0.25) is 0 Å². The summed E-state index contributed by atoms with van der Waals surface area (Å²) < 4.78 is 0. The van der Waals surface area contributed by atoms with Gasteiger partial charge in [-0.3, -0.25) is 4.79 Å². The molecule has 0 saturated heterocycles. The zero-order valence-electron chi connectivity index (χ0n) is 9.76. The number of carbonyl (C=O) groups excluding carboxylic acids is 1. The lowest BCUT2D eigenvalue weighted by molar-refractivity contribution is -0.120. The maximum Gasteiger partial charge on any atom is 0.220 e. The largest absolute Gasteiger partial charge is 0.356 e. The predicted octanol–water partition coefficient (Wildman–Crippen LogP) is 2.37. The molecule has 0 bridgehead atoms. The molecule has 0 aliphatic carbocycles. The van der Waals surface area contributed by atoms with Crippen LogP contribution in [0.1, 0.15) is 30.0 Å². The van der Waals surface area contributed by atoms with Gasteiger partial charge in [0.1, 0.15) is 0 Å². The molecule has 1 aromatic rings. The molecule has 0 unspecified atom stereocenters. The van der Waals surface area contributed by atoms with E-state index in [-0.39, 0.29) is 5.91 Å². The van der Waals surface area contributed by atoms with E-state index in [0.717, 1.165) is 6.42 Å². The van der Waals surface area contributed by atoms with Crippen LogP contribution in [0.4, 0.5) is 0 Å². The molecule has 0 aliphatic heterocycles. The summed E-state index contributed by atoms with van der Waals surface area (Å²) in [5.74, 6) is 0.135. The van der Waals surface area contributed by atoms with Crippen LogP contribution in [0.25, 0.3) is 0 Å². The molecule has 1 amide bonds. The second-order valence-electron chi connectivity index (χ2n) is 3.87. The van der Waals surface area contributed by atoms with Gasteiger partial charge in [-0.05, 0) is 43.9 Å². The second-order valence-corrected chi connectivity index (χ2v) is 3.87. The van der Waals surface area contributed by atoms with E-state index in [4.69, 9.17) is 0 Å². The Morgan fingerprint density at radius 2 is 2.00 bits per heavy atom. The van der Waals surface area contributed by atoms with Gasteiger partial charge < -0.3 is 5.32 Å². The Hall–Kier alpha value is -1.31. The zero-order chi connectivity index (χ0) is 11.3. The van der Waals surface area contributed by atoms with Crippen LogP contribution < -0.4 is 5.32 Å². The maximum atomic E-state index is 11.3. The minimum absolute atomic E-state index is 0.135. The predicted molar refractivity (Wildman–Crippen MR) is 62.9 cm³/mol. The summed E-state index contributed by atoms with van der Waals surface area (Å²) in [4.78, 5) is 11.3. The van der Waals surface area contributed by atoms with E-state index < -0.39 is 0 Å². The van der Waals surface area contributed by atoms with Crippen molar-refractivity contribution in [1.29, 1.82) is 0 Å². The van der Waals surface area contributed by atoms with Crippen LogP contribution in [0.15, 0.2) is 18.2 Å². The molecule has 0 atom stereocenters. The van der Waals surface area contributed by atoms with Crippen LogP contribution in [0, 0.1) is 13.8 Å². The molecule has 0 fully saturated rings. The summed E-state index contributed by atoms with van der Waals surface area (Å²) in [5.41, 5.74) is 3.84. The summed E-state index contributed by atoms with van der Waals surface area (Å²) in [6.45, 7) is 6.85. The number of benzene rings is 1.